The minimum atomic E-state index is 0.00463. The van der Waals surface area contributed by atoms with E-state index < -0.39 is 0 Å². The van der Waals surface area contributed by atoms with Crippen LogP contribution in [0.4, 0.5) is 0 Å². The maximum atomic E-state index is 10.1. The van der Waals surface area contributed by atoms with Crippen LogP contribution in [0, 0.1) is 0 Å². The van der Waals surface area contributed by atoms with Gasteiger partial charge in [-0.05, 0) is 25.7 Å². The lowest BCUT2D eigenvalue weighted by Crippen LogP contribution is -2.34. The van der Waals surface area contributed by atoms with E-state index >= 15 is 0 Å². The molecule has 0 aliphatic rings. The summed E-state index contributed by atoms with van der Waals surface area (Å²) in [5.74, 6) is 6.04. The lowest BCUT2D eigenvalue weighted by molar-refractivity contribution is -0.118. The van der Waals surface area contributed by atoms with Gasteiger partial charge in [-0.2, -0.15) is 0 Å². The van der Waals surface area contributed by atoms with Crippen LogP contribution in [0.3, 0.4) is 0 Å². The third-order valence-corrected chi connectivity index (χ3v) is 3.27. The molecule has 136 valence electrons. The minimum absolute atomic E-state index is 0.00463. The quantitative estimate of drug-likeness (QED) is 0.197. The number of hydrogen-bond acceptors (Lipinski definition) is 5. The Kier molecular flexibility index (Phi) is 17.0. The van der Waals surface area contributed by atoms with Crippen LogP contribution in [0.2, 0.25) is 0 Å². The summed E-state index contributed by atoms with van der Waals surface area (Å²) in [6.07, 6.45) is 6.79. The topological polar surface area (TPSA) is 113 Å². The zero-order valence-corrected chi connectivity index (χ0v) is 15.2. The van der Waals surface area contributed by atoms with Crippen LogP contribution in [0.25, 0.3) is 0 Å². The molecular formula is C16H35N5O2. The zero-order chi connectivity index (χ0) is 18.1. The van der Waals surface area contributed by atoms with Gasteiger partial charge in [-0.1, -0.05) is 26.7 Å². The number of amides is 2. The Bertz CT molecular complexity index is 345. The molecule has 0 saturated carbocycles. The van der Waals surface area contributed by atoms with E-state index in [9.17, 15) is 9.59 Å². The summed E-state index contributed by atoms with van der Waals surface area (Å²) in [7, 11) is 1.60. The van der Waals surface area contributed by atoms with Gasteiger partial charge in [0.2, 0.25) is 12.3 Å². The number of unbranched alkanes of at least 4 members (excludes halogenated alkanes) is 2. The number of hydrazine groups is 1. The molecule has 0 aliphatic carbocycles. The highest BCUT2D eigenvalue weighted by Crippen LogP contribution is 2.15. The number of carbonyl (C=O) groups excluding carboxylic acids is 2. The summed E-state index contributed by atoms with van der Waals surface area (Å²) in [5, 5.41) is 6.75. The average Bonchev–Trinajstić information content (AvgIpc) is 2.55. The van der Waals surface area contributed by atoms with Gasteiger partial charge in [-0.15, -0.1) is 0 Å². The first-order valence-electron chi connectivity index (χ1n) is 8.29. The molecule has 0 saturated heterocycles. The van der Waals surface area contributed by atoms with Crippen molar-refractivity contribution in [3.63, 3.8) is 0 Å². The van der Waals surface area contributed by atoms with Crippen LogP contribution >= 0.6 is 0 Å². The van der Waals surface area contributed by atoms with Crippen LogP contribution in [0.15, 0.2) is 11.4 Å². The first-order valence-corrected chi connectivity index (χ1v) is 8.29. The van der Waals surface area contributed by atoms with E-state index in [4.69, 9.17) is 11.6 Å². The van der Waals surface area contributed by atoms with Gasteiger partial charge in [-0.3, -0.25) is 9.59 Å². The van der Waals surface area contributed by atoms with Gasteiger partial charge in [0.1, 0.15) is 0 Å². The van der Waals surface area contributed by atoms with E-state index in [2.05, 4.69) is 17.6 Å². The number of nitrogens with zero attached hydrogens (tertiary/aromatic N) is 1. The summed E-state index contributed by atoms with van der Waals surface area (Å²) < 4.78 is 0. The molecule has 0 heterocycles. The fourth-order valence-corrected chi connectivity index (χ4v) is 1.78. The summed E-state index contributed by atoms with van der Waals surface area (Å²) in [4.78, 5) is 19.8. The summed E-state index contributed by atoms with van der Waals surface area (Å²) >= 11 is 0. The van der Waals surface area contributed by atoms with E-state index in [0.717, 1.165) is 37.1 Å². The van der Waals surface area contributed by atoms with Gasteiger partial charge in [0.25, 0.3) is 0 Å². The van der Waals surface area contributed by atoms with Crippen molar-refractivity contribution in [3.8, 4) is 0 Å². The molecule has 23 heavy (non-hydrogen) atoms. The Balaban J connectivity index is 0. The van der Waals surface area contributed by atoms with Gasteiger partial charge < -0.3 is 21.4 Å². The maximum Gasteiger partial charge on any atom is 0.216 e. The Hall–Kier alpha value is -1.76. The van der Waals surface area contributed by atoms with Crippen molar-refractivity contribution in [2.45, 2.75) is 59.3 Å². The molecule has 7 heteroatoms. The fraction of sp³-hybridized carbons (Fsp3) is 0.750. The average molecular weight is 329 g/mol. The lowest BCUT2D eigenvalue weighted by Gasteiger charge is -2.24. The van der Waals surface area contributed by atoms with Crippen LogP contribution < -0.4 is 22.2 Å². The Labute approximate surface area is 140 Å². The third kappa shape index (κ3) is 14.9. The van der Waals surface area contributed by atoms with Crippen molar-refractivity contribution < 1.29 is 9.59 Å². The second-order valence-corrected chi connectivity index (χ2v) is 5.21. The smallest absolute Gasteiger partial charge is 0.216 e. The highest BCUT2D eigenvalue weighted by Gasteiger charge is 2.08. The van der Waals surface area contributed by atoms with Crippen molar-refractivity contribution in [1.29, 1.82) is 0 Å². The van der Waals surface area contributed by atoms with Crippen molar-refractivity contribution in [2.24, 2.45) is 11.6 Å². The van der Waals surface area contributed by atoms with Gasteiger partial charge >= 0.3 is 0 Å². The van der Waals surface area contributed by atoms with Gasteiger partial charge in [0.05, 0.1) is 0 Å². The number of carbonyl (C=O) groups is 2. The van der Waals surface area contributed by atoms with E-state index in [1.807, 2.05) is 6.92 Å². The highest BCUT2D eigenvalue weighted by atomic mass is 16.1. The molecule has 7 nitrogen and oxygen atoms in total. The maximum absolute atomic E-state index is 10.1. The monoisotopic (exact) mass is 329 g/mol. The second-order valence-electron chi connectivity index (χ2n) is 5.21. The van der Waals surface area contributed by atoms with Gasteiger partial charge in [0, 0.05) is 38.5 Å². The second kappa shape index (κ2) is 16.6. The molecule has 0 unspecified atom stereocenters. The number of nitrogens with one attached hydrogen (secondary N) is 2. The van der Waals surface area contributed by atoms with Gasteiger partial charge in [0.15, 0.2) is 0 Å². The predicted molar refractivity (Wildman–Crippen MR) is 95.0 cm³/mol. The molecule has 0 aromatic carbocycles. The molecule has 0 aromatic rings. The van der Waals surface area contributed by atoms with E-state index in [0.29, 0.717) is 19.5 Å². The lowest BCUT2D eigenvalue weighted by atomic mass is 10.1. The third-order valence-electron chi connectivity index (χ3n) is 3.27. The largest absolute Gasteiger partial charge is 0.401 e. The first kappa shape index (κ1) is 23.5. The zero-order valence-electron chi connectivity index (χ0n) is 15.2. The highest BCUT2D eigenvalue weighted by molar-refractivity contribution is 5.72. The van der Waals surface area contributed by atoms with Crippen LogP contribution in [-0.2, 0) is 9.59 Å². The van der Waals surface area contributed by atoms with E-state index in [1.54, 1.807) is 12.1 Å². The molecule has 0 aromatic heterocycles. The summed E-state index contributed by atoms with van der Waals surface area (Å²) in [6, 6.07) is 0. The van der Waals surface area contributed by atoms with Gasteiger partial charge in [-0.25, -0.2) is 5.84 Å². The van der Waals surface area contributed by atoms with Crippen molar-refractivity contribution in [1.82, 2.24) is 15.6 Å². The van der Waals surface area contributed by atoms with Crippen molar-refractivity contribution in [2.75, 3.05) is 20.1 Å². The number of rotatable bonds is 11. The van der Waals surface area contributed by atoms with E-state index in [1.165, 1.54) is 19.8 Å². The molecule has 6 N–H and O–H groups in total. The summed E-state index contributed by atoms with van der Waals surface area (Å²) in [5.41, 5.74) is 7.94. The Morgan fingerprint density at radius 3 is 2.26 bits per heavy atom. The van der Waals surface area contributed by atoms with Crippen LogP contribution in [-0.4, -0.2) is 37.5 Å². The van der Waals surface area contributed by atoms with Crippen molar-refractivity contribution >= 4 is 12.3 Å². The molecule has 0 radical (unpaired) electrons. The van der Waals surface area contributed by atoms with Crippen molar-refractivity contribution in [3.05, 3.63) is 11.4 Å². The molecule has 2 amide bonds. The molecular weight excluding hydrogens is 294 g/mol. The Morgan fingerprint density at radius 1 is 1.22 bits per heavy atom. The normalized spacial score (nSPS) is 10.8. The summed E-state index contributed by atoms with van der Waals surface area (Å²) in [6.45, 7) is 7.04. The number of allylic oxidation sites excluding steroid dienone is 2. The molecule has 0 rings (SSSR count). The van der Waals surface area contributed by atoms with Crippen LogP contribution in [0.5, 0.6) is 0 Å². The molecule has 0 aliphatic heterocycles. The fourth-order valence-electron chi connectivity index (χ4n) is 1.78. The molecule has 0 atom stereocenters. The number of nitrogens with two attached hydrogens (primary N) is 2. The minimum Gasteiger partial charge on any atom is -0.401 e. The molecule has 0 fully saturated rings. The number of hydrogen-bond donors (Lipinski definition) is 4. The predicted octanol–water partition coefficient (Wildman–Crippen LogP) is 1.21. The standard InChI is InChI=1S/C13H28N4O.C3H7NO/c1-3-5-6-8-13(12(14)4-2)17(15)10-7-9-16-11-18;1-3(5)4-2/h11H,3-10,14-15H2,1-2H3,(H,16,18);1-2H3,(H,4,5)/b13-12-;. The van der Waals surface area contributed by atoms with Crippen LogP contribution in [0.1, 0.15) is 59.3 Å². The Morgan fingerprint density at radius 2 is 1.83 bits per heavy atom. The first-order chi connectivity index (χ1) is 10.9. The molecule has 0 bridgehead atoms. The van der Waals surface area contributed by atoms with E-state index in [-0.39, 0.29) is 5.91 Å². The SMILES string of the molecule is CCCCC/C(=C(/N)CC)N(N)CCCNC=O.CNC(C)=O. The molecule has 0 spiro atoms.